The molecular weight excluding hydrogens is 415 g/mol. The molecule has 0 aliphatic carbocycles. The zero-order valence-corrected chi connectivity index (χ0v) is 18.8. The lowest BCUT2D eigenvalue weighted by Crippen LogP contribution is -2.52. The van der Waals surface area contributed by atoms with Gasteiger partial charge in [-0.3, -0.25) is 4.79 Å². The SMILES string of the molecule is COCCN(CC(=O)N1N=C(c2ccc(F)cc2)C[C@H]1c1ccco1)C(=O)NC(C)(C)C. The van der Waals surface area contributed by atoms with E-state index in [-0.39, 0.29) is 37.5 Å². The van der Waals surface area contributed by atoms with Gasteiger partial charge in [-0.1, -0.05) is 12.1 Å². The number of benzene rings is 1. The maximum Gasteiger partial charge on any atom is 0.318 e. The van der Waals surface area contributed by atoms with Gasteiger partial charge >= 0.3 is 6.03 Å². The number of nitrogens with one attached hydrogen (secondary N) is 1. The van der Waals surface area contributed by atoms with Crippen LogP contribution in [0.4, 0.5) is 9.18 Å². The predicted octanol–water partition coefficient (Wildman–Crippen LogP) is 3.55. The molecule has 0 spiro atoms. The summed E-state index contributed by atoms with van der Waals surface area (Å²) in [6.07, 6.45) is 1.95. The van der Waals surface area contributed by atoms with Crippen LogP contribution in [0.15, 0.2) is 52.2 Å². The van der Waals surface area contributed by atoms with Gasteiger partial charge in [0.1, 0.15) is 24.2 Å². The number of halogens is 1. The number of furan rings is 1. The third kappa shape index (κ3) is 5.94. The molecule has 0 saturated heterocycles. The normalized spacial score (nSPS) is 16.1. The summed E-state index contributed by atoms with van der Waals surface area (Å²) in [6.45, 7) is 5.97. The first-order valence-electron chi connectivity index (χ1n) is 10.4. The first-order valence-corrected chi connectivity index (χ1v) is 10.4. The summed E-state index contributed by atoms with van der Waals surface area (Å²) >= 11 is 0. The summed E-state index contributed by atoms with van der Waals surface area (Å²) in [4.78, 5) is 27.4. The number of hydrogen-bond donors (Lipinski definition) is 1. The van der Waals surface area contributed by atoms with Crippen molar-refractivity contribution >= 4 is 17.6 Å². The van der Waals surface area contributed by atoms with E-state index in [0.717, 1.165) is 5.56 Å². The number of urea groups is 1. The Bertz CT molecular complexity index is 951. The van der Waals surface area contributed by atoms with Crippen LogP contribution < -0.4 is 5.32 Å². The largest absolute Gasteiger partial charge is 0.467 e. The monoisotopic (exact) mass is 444 g/mol. The number of nitrogens with zero attached hydrogens (tertiary/aromatic N) is 3. The van der Waals surface area contributed by atoms with E-state index in [4.69, 9.17) is 9.15 Å². The highest BCUT2D eigenvalue weighted by atomic mass is 19.1. The lowest BCUT2D eigenvalue weighted by atomic mass is 10.0. The van der Waals surface area contributed by atoms with Crippen LogP contribution in [0.5, 0.6) is 0 Å². The predicted molar refractivity (Wildman–Crippen MR) is 118 cm³/mol. The topological polar surface area (TPSA) is 87.4 Å². The minimum Gasteiger partial charge on any atom is -0.467 e. The van der Waals surface area contributed by atoms with Gasteiger partial charge in [0.15, 0.2) is 0 Å². The lowest BCUT2D eigenvalue weighted by Gasteiger charge is -2.29. The summed E-state index contributed by atoms with van der Waals surface area (Å²) < 4.78 is 24.0. The van der Waals surface area contributed by atoms with Crippen molar-refractivity contribution in [3.63, 3.8) is 0 Å². The molecule has 172 valence electrons. The van der Waals surface area contributed by atoms with Crippen molar-refractivity contribution in [1.29, 1.82) is 0 Å². The Morgan fingerprint density at radius 3 is 2.59 bits per heavy atom. The van der Waals surface area contributed by atoms with Crippen molar-refractivity contribution in [1.82, 2.24) is 15.2 Å². The number of hydrazone groups is 1. The van der Waals surface area contributed by atoms with Gasteiger partial charge < -0.3 is 19.4 Å². The van der Waals surface area contributed by atoms with Crippen LogP contribution in [-0.4, -0.2) is 59.9 Å². The molecule has 0 radical (unpaired) electrons. The quantitative estimate of drug-likeness (QED) is 0.708. The Hall–Kier alpha value is -3.20. The van der Waals surface area contributed by atoms with E-state index in [1.165, 1.54) is 35.4 Å². The molecule has 2 aromatic rings. The number of carbonyl (C=O) groups excluding carboxylic acids is 2. The number of methoxy groups -OCH3 is 1. The van der Waals surface area contributed by atoms with Crippen molar-refractivity contribution < 1.29 is 23.1 Å². The second-order valence-electron chi connectivity index (χ2n) is 8.62. The molecule has 1 aliphatic heterocycles. The van der Waals surface area contributed by atoms with E-state index in [1.54, 1.807) is 24.3 Å². The number of ether oxygens (including phenoxy) is 1. The average Bonchev–Trinajstić information content (AvgIpc) is 3.40. The van der Waals surface area contributed by atoms with E-state index >= 15 is 0 Å². The molecule has 0 bridgehead atoms. The molecule has 0 unspecified atom stereocenters. The zero-order chi connectivity index (χ0) is 23.3. The van der Waals surface area contributed by atoms with Gasteiger partial charge in [0.2, 0.25) is 0 Å². The van der Waals surface area contributed by atoms with E-state index in [1.807, 2.05) is 20.8 Å². The van der Waals surface area contributed by atoms with Crippen molar-refractivity contribution in [3.8, 4) is 0 Å². The fraction of sp³-hybridized carbons (Fsp3) is 0.435. The van der Waals surface area contributed by atoms with Crippen LogP contribution in [-0.2, 0) is 9.53 Å². The Labute approximate surface area is 187 Å². The van der Waals surface area contributed by atoms with E-state index < -0.39 is 11.6 Å². The number of carbonyl (C=O) groups is 2. The van der Waals surface area contributed by atoms with Gasteiger partial charge in [-0.15, -0.1) is 0 Å². The minimum atomic E-state index is -0.455. The minimum absolute atomic E-state index is 0.178. The zero-order valence-electron chi connectivity index (χ0n) is 18.8. The molecule has 1 atom stereocenters. The van der Waals surface area contributed by atoms with Crippen LogP contribution in [0.2, 0.25) is 0 Å². The molecule has 1 N–H and O–H groups in total. The molecule has 1 aliphatic rings. The van der Waals surface area contributed by atoms with Crippen LogP contribution in [0, 0.1) is 5.82 Å². The Morgan fingerprint density at radius 2 is 2.00 bits per heavy atom. The number of rotatable bonds is 7. The second-order valence-corrected chi connectivity index (χ2v) is 8.62. The third-order valence-corrected chi connectivity index (χ3v) is 4.88. The molecule has 1 aromatic heterocycles. The molecular formula is C23H29FN4O4. The van der Waals surface area contributed by atoms with Gasteiger partial charge in [-0.05, 0) is 50.6 Å². The average molecular weight is 445 g/mol. The van der Waals surface area contributed by atoms with Crippen LogP contribution in [0.3, 0.4) is 0 Å². The van der Waals surface area contributed by atoms with Crippen molar-refractivity contribution in [3.05, 3.63) is 59.8 Å². The highest BCUT2D eigenvalue weighted by Gasteiger charge is 2.36. The molecule has 9 heteroatoms. The molecule has 2 heterocycles. The molecule has 0 saturated carbocycles. The van der Waals surface area contributed by atoms with E-state index in [2.05, 4.69) is 10.4 Å². The van der Waals surface area contributed by atoms with Gasteiger partial charge in [-0.2, -0.15) is 5.10 Å². The molecule has 3 rings (SSSR count). The Morgan fingerprint density at radius 1 is 1.28 bits per heavy atom. The van der Waals surface area contributed by atoms with E-state index in [0.29, 0.717) is 17.9 Å². The molecule has 8 nitrogen and oxygen atoms in total. The summed E-state index contributed by atoms with van der Waals surface area (Å²) in [7, 11) is 1.54. The van der Waals surface area contributed by atoms with Gasteiger partial charge in [0.05, 0.1) is 18.6 Å². The standard InChI is InChI=1S/C23H29FN4O4/c1-23(2,3)25-22(30)27(11-13-31-4)15-21(29)28-19(20-6-5-12-32-20)14-18(26-28)16-7-9-17(24)10-8-16/h5-10,12,19H,11,13-15H2,1-4H3,(H,25,30)/t19-/m0/s1. The number of amides is 3. The van der Waals surface area contributed by atoms with Gasteiger partial charge in [0, 0.05) is 25.6 Å². The lowest BCUT2D eigenvalue weighted by molar-refractivity contribution is -0.134. The molecule has 32 heavy (non-hydrogen) atoms. The van der Waals surface area contributed by atoms with Crippen LogP contribution in [0.1, 0.15) is 44.6 Å². The van der Waals surface area contributed by atoms with Crippen molar-refractivity contribution in [2.45, 2.75) is 38.8 Å². The third-order valence-electron chi connectivity index (χ3n) is 4.88. The van der Waals surface area contributed by atoms with Gasteiger partial charge in [-0.25, -0.2) is 14.2 Å². The maximum absolute atomic E-state index is 13.3. The van der Waals surface area contributed by atoms with Crippen LogP contribution in [0.25, 0.3) is 0 Å². The van der Waals surface area contributed by atoms with Crippen molar-refractivity contribution in [2.24, 2.45) is 5.10 Å². The first kappa shape index (κ1) is 23.5. The smallest absolute Gasteiger partial charge is 0.318 e. The number of hydrogen-bond acceptors (Lipinski definition) is 5. The first-order chi connectivity index (χ1) is 15.2. The van der Waals surface area contributed by atoms with Gasteiger partial charge in [0.25, 0.3) is 5.91 Å². The highest BCUT2D eigenvalue weighted by Crippen LogP contribution is 2.33. The Kier molecular flexibility index (Phi) is 7.29. The highest BCUT2D eigenvalue weighted by molar-refractivity contribution is 6.03. The summed E-state index contributed by atoms with van der Waals surface area (Å²) in [5.74, 6) is -0.119. The van der Waals surface area contributed by atoms with Crippen molar-refractivity contribution in [2.75, 3.05) is 26.8 Å². The van der Waals surface area contributed by atoms with Crippen LogP contribution >= 0.6 is 0 Å². The fourth-order valence-corrected chi connectivity index (χ4v) is 3.35. The second kappa shape index (κ2) is 9.95. The Balaban J connectivity index is 1.83. The summed E-state index contributed by atoms with van der Waals surface area (Å²) in [5.41, 5.74) is 0.909. The molecule has 1 aromatic carbocycles. The molecule has 0 fully saturated rings. The summed E-state index contributed by atoms with van der Waals surface area (Å²) in [5, 5.41) is 8.74. The summed E-state index contributed by atoms with van der Waals surface area (Å²) in [6, 6.07) is 8.68. The fourth-order valence-electron chi connectivity index (χ4n) is 3.35. The van der Waals surface area contributed by atoms with E-state index in [9.17, 15) is 14.0 Å². The maximum atomic E-state index is 13.3. The molecule has 3 amide bonds.